The number of ether oxygens (including phenoxy) is 1. The molecule has 2 aromatic carbocycles. The molecule has 4 aromatic rings. The molecular weight excluding hydrogens is 464 g/mol. The Balaban J connectivity index is 1.61. The third kappa shape index (κ3) is 4.34. The second-order valence-electron chi connectivity index (χ2n) is 6.23. The quantitative estimate of drug-likeness (QED) is 0.307. The predicted molar refractivity (Wildman–Crippen MR) is 123 cm³/mol. The lowest BCUT2D eigenvalue weighted by Crippen LogP contribution is -2.18. The average Bonchev–Trinajstić information content (AvgIpc) is 3.44. The molecular formula is C22H17BrN4O2S. The minimum Gasteiger partial charge on any atom is -0.496 e. The Kier molecular flexibility index (Phi) is 6.06. The smallest absolute Gasteiger partial charge is 0.275 e. The van der Waals surface area contributed by atoms with Crippen molar-refractivity contribution in [3.63, 3.8) is 0 Å². The molecule has 0 spiro atoms. The minimum absolute atomic E-state index is 0.363. The van der Waals surface area contributed by atoms with E-state index in [-0.39, 0.29) is 5.91 Å². The van der Waals surface area contributed by atoms with Gasteiger partial charge in [0.25, 0.3) is 5.91 Å². The van der Waals surface area contributed by atoms with Gasteiger partial charge in [0.2, 0.25) is 0 Å². The Morgan fingerprint density at radius 1 is 1.20 bits per heavy atom. The van der Waals surface area contributed by atoms with Gasteiger partial charge >= 0.3 is 0 Å². The van der Waals surface area contributed by atoms with Gasteiger partial charge in [-0.25, -0.2) is 10.1 Å². The van der Waals surface area contributed by atoms with E-state index in [0.717, 1.165) is 26.3 Å². The number of aromatic nitrogens is 2. The van der Waals surface area contributed by atoms with Crippen molar-refractivity contribution >= 4 is 39.4 Å². The summed E-state index contributed by atoms with van der Waals surface area (Å²) >= 11 is 4.97. The van der Waals surface area contributed by atoms with Crippen LogP contribution < -0.4 is 10.2 Å². The highest BCUT2D eigenvalue weighted by atomic mass is 79.9. The van der Waals surface area contributed by atoms with E-state index in [9.17, 15) is 4.79 Å². The number of carbonyl (C=O) groups is 1. The highest BCUT2D eigenvalue weighted by Gasteiger charge is 2.14. The third-order valence-corrected chi connectivity index (χ3v) is 5.66. The summed E-state index contributed by atoms with van der Waals surface area (Å²) in [6.45, 7) is 0. The number of halogens is 1. The third-order valence-electron chi connectivity index (χ3n) is 4.29. The molecule has 0 unspecified atom stereocenters. The standard InChI is InChI=1S/C22H17BrN4O2S/c1-29-19-10-9-16(23)12-18(19)22(28)25-24-13-15-14-27(17-6-3-2-4-7-17)26-21(15)20-8-5-11-30-20/h2-14H,1H3,(H,25,28)/b24-13-. The number of para-hydroxylation sites is 1. The van der Waals surface area contributed by atoms with Gasteiger partial charge in [-0.05, 0) is 41.8 Å². The van der Waals surface area contributed by atoms with Gasteiger partial charge in [0.15, 0.2) is 0 Å². The number of nitrogens with one attached hydrogen (secondary N) is 1. The summed E-state index contributed by atoms with van der Waals surface area (Å²) in [7, 11) is 1.52. The lowest BCUT2D eigenvalue weighted by Gasteiger charge is -2.07. The lowest BCUT2D eigenvalue weighted by atomic mass is 10.2. The fourth-order valence-electron chi connectivity index (χ4n) is 2.88. The van der Waals surface area contributed by atoms with Crippen molar-refractivity contribution in [2.24, 2.45) is 5.10 Å². The number of amides is 1. The Morgan fingerprint density at radius 2 is 2.03 bits per heavy atom. The molecule has 2 heterocycles. The van der Waals surface area contributed by atoms with Gasteiger partial charge in [0, 0.05) is 16.2 Å². The zero-order valence-corrected chi connectivity index (χ0v) is 18.4. The van der Waals surface area contributed by atoms with Crippen LogP contribution in [-0.4, -0.2) is 29.0 Å². The fraction of sp³-hybridized carbons (Fsp3) is 0.0455. The van der Waals surface area contributed by atoms with Gasteiger partial charge in [-0.2, -0.15) is 10.2 Å². The Morgan fingerprint density at radius 3 is 2.77 bits per heavy atom. The van der Waals surface area contributed by atoms with E-state index < -0.39 is 0 Å². The molecule has 0 radical (unpaired) electrons. The van der Waals surface area contributed by atoms with Crippen LogP contribution in [0.25, 0.3) is 16.3 Å². The Bertz CT molecular complexity index is 1190. The lowest BCUT2D eigenvalue weighted by molar-refractivity contribution is 0.0952. The fourth-order valence-corrected chi connectivity index (χ4v) is 3.97. The maximum atomic E-state index is 12.6. The Labute approximate surface area is 186 Å². The van der Waals surface area contributed by atoms with Crippen LogP contribution in [-0.2, 0) is 0 Å². The monoisotopic (exact) mass is 480 g/mol. The summed E-state index contributed by atoms with van der Waals surface area (Å²) in [4.78, 5) is 13.6. The molecule has 150 valence electrons. The van der Waals surface area contributed by atoms with Gasteiger partial charge in [-0.15, -0.1) is 11.3 Å². The van der Waals surface area contributed by atoms with Crippen molar-refractivity contribution in [2.45, 2.75) is 0 Å². The second-order valence-corrected chi connectivity index (χ2v) is 8.10. The number of nitrogens with zero attached hydrogens (tertiary/aromatic N) is 3. The number of hydrazone groups is 1. The number of methoxy groups -OCH3 is 1. The molecule has 0 aliphatic rings. The van der Waals surface area contributed by atoms with Crippen LogP contribution in [0.5, 0.6) is 5.75 Å². The number of hydrogen-bond acceptors (Lipinski definition) is 5. The molecule has 0 aliphatic heterocycles. The van der Waals surface area contributed by atoms with Crippen molar-refractivity contribution < 1.29 is 9.53 Å². The van der Waals surface area contributed by atoms with E-state index in [2.05, 4.69) is 26.5 Å². The zero-order chi connectivity index (χ0) is 20.9. The number of thiophene rings is 1. The Hall–Kier alpha value is -3.23. The topological polar surface area (TPSA) is 68.5 Å². The molecule has 0 aliphatic carbocycles. The van der Waals surface area contributed by atoms with Gasteiger partial charge < -0.3 is 4.74 Å². The first-order chi connectivity index (χ1) is 14.7. The van der Waals surface area contributed by atoms with Crippen molar-refractivity contribution in [3.05, 3.63) is 87.8 Å². The number of rotatable bonds is 6. The molecule has 0 saturated carbocycles. The molecule has 0 fully saturated rings. The van der Waals surface area contributed by atoms with Crippen LogP contribution in [0.15, 0.2) is 81.8 Å². The first kappa shape index (κ1) is 20.1. The van der Waals surface area contributed by atoms with Crippen LogP contribution in [0.2, 0.25) is 0 Å². The summed E-state index contributed by atoms with van der Waals surface area (Å²) in [6.07, 6.45) is 3.49. The molecule has 4 rings (SSSR count). The predicted octanol–water partition coefficient (Wildman–Crippen LogP) is 5.14. The minimum atomic E-state index is -0.363. The van der Waals surface area contributed by atoms with Gasteiger partial charge in [-0.1, -0.05) is 40.2 Å². The number of carbonyl (C=O) groups excluding carboxylic acids is 1. The molecule has 8 heteroatoms. The maximum absolute atomic E-state index is 12.6. The molecule has 1 amide bonds. The molecule has 0 saturated heterocycles. The van der Waals surface area contributed by atoms with Crippen LogP contribution in [0, 0.1) is 0 Å². The van der Waals surface area contributed by atoms with E-state index >= 15 is 0 Å². The van der Waals surface area contributed by atoms with E-state index in [1.165, 1.54) is 7.11 Å². The maximum Gasteiger partial charge on any atom is 0.275 e. The van der Waals surface area contributed by atoms with Crippen LogP contribution in [0.4, 0.5) is 0 Å². The summed E-state index contributed by atoms with van der Waals surface area (Å²) in [6, 6.07) is 19.0. The van der Waals surface area contributed by atoms with E-state index in [4.69, 9.17) is 9.84 Å². The van der Waals surface area contributed by atoms with E-state index in [0.29, 0.717) is 11.3 Å². The van der Waals surface area contributed by atoms with E-state index in [1.54, 1.807) is 34.4 Å². The van der Waals surface area contributed by atoms with Crippen LogP contribution in [0.3, 0.4) is 0 Å². The average molecular weight is 481 g/mol. The summed E-state index contributed by atoms with van der Waals surface area (Å²) in [5, 5.41) is 10.9. The molecule has 1 N–H and O–H groups in total. The van der Waals surface area contributed by atoms with Gasteiger partial charge in [-0.3, -0.25) is 4.79 Å². The van der Waals surface area contributed by atoms with Crippen LogP contribution in [0.1, 0.15) is 15.9 Å². The molecule has 0 bridgehead atoms. The van der Waals surface area contributed by atoms with Crippen molar-refractivity contribution in [1.82, 2.24) is 15.2 Å². The SMILES string of the molecule is COc1ccc(Br)cc1C(=O)N/N=C\c1cn(-c2ccccc2)nc1-c1cccs1. The first-order valence-corrected chi connectivity index (χ1v) is 10.7. The van der Waals surface area contributed by atoms with Crippen molar-refractivity contribution in [1.29, 1.82) is 0 Å². The molecule has 6 nitrogen and oxygen atoms in total. The number of benzene rings is 2. The first-order valence-electron chi connectivity index (χ1n) is 9.01. The second kappa shape index (κ2) is 9.06. The zero-order valence-electron chi connectivity index (χ0n) is 15.9. The van der Waals surface area contributed by atoms with Crippen LogP contribution >= 0.6 is 27.3 Å². The van der Waals surface area contributed by atoms with Gasteiger partial charge in [0.1, 0.15) is 11.4 Å². The van der Waals surface area contributed by atoms with Crippen molar-refractivity contribution in [2.75, 3.05) is 7.11 Å². The summed E-state index contributed by atoms with van der Waals surface area (Å²) in [5.41, 5.74) is 5.49. The van der Waals surface area contributed by atoms with E-state index in [1.807, 2.05) is 60.1 Å². The summed E-state index contributed by atoms with van der Waals surface area (Å²) in [5.74, 6) is 0.111. The number of hydrogen-bond donors (Lipinski definition) is 1. The largest absolute Gasteiger partial charge is 0.496 e. The van der Waals surface area contributed by atoms with Gasteiger partial charge in [0.05, 0.1) is 29.5 Å². The molecule has 0 atom stereocenters. The highest BCUT2D eigenvalue weighted by Crippen LogP contribution is 2.27. The molecule has 30 heavy (non-hydrogen) atoms. The summed E-state index contributed by atoms with van der Waals surface area (Å²) < 4.78 is 7.84. The molecule has 2 aromatic heterocycles. The highest BCUT2D eigenvalue weighted by molar-refractivity contribution is 9.10. The van der Waals surface area contributed by atoms with Crippen molar-refractivity contribution in [3.8, 4) is 22.0 Å². The normalized spacial score (nSPS) is 11.0.